The summed E-state index contributed by atoms with van der Waals surface area (Å²) in [7, 11) is 0. The van der Waals surface area contributed by atoms with E-state index in [1.54, 1.807) is 0 Å². The van der Waals surface area contributed by atoms with Crippen molar-refractivity contribution in [2.24, 2.45) is 0 Å². The van der Waals surface area contributed by atoms with Gasteiger partial charge in [-0.25, -0.2) is 0 Å². The standard InChI is InChI=1S/C18H18N2O3S/c21-17(14-3-4-15-13(12-14)5-10-23-15)19-6-8-20(9-7-19)18(22)16-2-1-11-24-16/h1-4,11-12H,5-10H2. The summed E-state index contributed by atoms with van der Waals surface area (Å²) in [5.41, 5.74) is 1.81. The first-order valence-corrected chi connectivity index (χ1v) is 8.98. The molecule has 1 aromatic heterocycles. The summed E-state index contributed by atoms with van der Waals surface area (Å²) >= 11 is 1.46. The average molecular weight is 342 g/mol. The number of benzene rings is 1. The molecular weight excluding hydrogens is 324 g/mol. The van der Waals surface area contributed by atoms with Gasteiger partial charge in [-0.2, -0.15) is 0 Å². The highest BCUT2D eigenvalue weighted by atomic mass is 32.1. The van der Waals surface area contributed by atoms with Crippen LogP contribution in [-0.4, -0.2) is 54.4 Å². The van der Waals surface area contributed by atoms with Crippen molar-refractivity contribution < 1.29 is 14.3 Å². The highest BCUT2D eigenvalue weighted by molar-refractivity contribution is 7.12. The lowest BCUT2D eigenvalue weighted by molar-refractivity contribution is 0.0538. The minimum atomic E-state index is 0.0351. The number of ether oxygens (including phenoxy) is 1. The Bertz CT molecular complexity index is 765. The highest BCUT2D eigenvalue weighted by Gasteiger charge is 2.26. The summed E-state index contributed by atoms with van der Waals surface area (Å²) in [6, 6.07) is 9.38. The van der Waals surface area contributed by atoms with Crippen molar-refractivity contribution >= 4 is 23.2 Å². The molecule has 2 aliphatic heterocycles. The van der Waals surface area contributed by atoms with E-state index < -0.39 is 0 Å². The summed E-state index contributed by atoms with van der Waals surface area (Å²) in [4.78, 5) is 29.5. The quantitative estimate of drug-likeness (QED) is 0.841. The SMILES string of the molecule is O=C(c1ccc2c(c1)CCO2)N1CCN(C(=O)c2cccs2)CC1. The molecule has 0 saturated carbocycles. The van der Waals surface area contributed by atoms with Crippen molar-refractivity contribution in [2.45, 2.75) is 6.42 Å². The number of amides is 2. The molecule has 124 valence electrons. The van der Waals surface area contributed by atoms with Gasteiger partial charge >= 0.3 is 0 Å². The third-order valence-electron chi connectivity index (χ3n) is 4.52. The molecule has 2 aliphatic rings. The van der Waals surface area contributed by atoms with Gasteiger partial charge in [0.05, 0.1) is 11.5 Å². The number of carbonyl (C=O) groups is 2. The first-order valence-electron chi connectivity index (χ1n) is 8.10. The van der Waals surface area contributed by atoms with Gasteiger partial charge < -0.3 is 14.5 Å². The summed E-state index contributed by atoms with van der Waals surface area (Å²) in [6.45, 7) is 3.00. The molecule has 3 heterocycles. The second-order valence-electron chi connectivity index (χ2n) is 5.98. The molecule has 0 bridgehead atoms. The minimum absolute atomic E-state index is 0.0351. The molecule has 0 atom stereocenters. The van der Waals surface area contributed by atoms with Crippen LogP contribution in [0.5, 0.6) is 5.75 Å². The van der Waals surface area contributed by atoms with Crippen LogP contribution in [0.4, 0.5) is 0 Å². The molecular formula is C18H18N2O3S. The summed E-state index contributed by atoms with van der Waals surface area (Å²) in [6.07, 6.45) is 0.861. The molecule has 0 N–H and O–H groups in total. The first-order chi connectivity index (χ1) is 11.7. The Morgan fingerprint density at radius 3 is 2.46 bits per heavy atom. The third kappa shape index (κ3) is 2.78. The molecule has 0 radical (unpaired) electrons. The van der Waals surface area contributed by atoms with Crippen LogP contribution in [0.1, 0.15) is 25.6 Å². The van der Waals surface area contributed by atoms with E-state index in [2.05, 4.69) is 0 Å². The van der Waals surface area contributed by atoms with Gasteiger partial charge in [0.2, 0.25) is 0 Å². The Balaban J connectivity index is 1.40. The maximum atomic E-state index is 12.7. The van der Waals surface area contributed by atoms with Gasteiger partial charge in [-0.3, -0.25) is 9.59 Å². The number of rotatable bonds is 2. The van der Waals surface area contributed by atoms with E-state index in [9.17, 15) is 9.59 Å². The van der Waals surface area contributed by atoms with Gasteiger partial charge in [0.15, 0.2) is 0 Å². The summed E-state index contributed by atoms with van der Waals surface area (Å²) < 4.78 is 5.49. The molecule has 0 aliphatic carbocycles. The number of thiophene rings is 1. The topological polar surface area (TPSA) is 49.9 Å². The van der Waals surface area contributed by atoms with Crippen LogP contribution in [0.15, 0.2) is 35.7 Å². The second-order valence-corrected chi connectivity index (χ2v) is 6.93. The smallest absolute Gasteiger partial charge is 0.264 e. The number of hydrogen-bond acceptors (Lipinski definition) is 4. The van der Waals surface area contributed by atoms with Crippen LogP contribution in [0.2, 0.25) is 0 Å². The van der Waals surface area contributed by atoms with E-state index in [0.29, 0.717) is 38.3 Å². The lowest BCUT2D eigenvalue weighted by Gasteiger charge is -2.34. The molecule has 2 amide bonds. The van der Waals surface area contributed by atoms with Crippen molar-refractivity contribution in [1.29, 1.82) is 0 Å². The minimum Gasteiger partial charge on any atom is -0.493 e. The van der Waals surface area contributed by atoms with Gasteiger partial charge in [-0.05, 0) is 35.2 Å². The van der Waals surface area contributed by atoms with Gasteiger partial charge in [0.25, 0.3) is 11.8 Å². The molecule has 2 aromatic rings. The molecule has 5 nitrogen and oxygen atoms in total. The highest BCUT2D eigenvalue weighted by Crippen LogP contribution is 2.26. The normalized spacial score (nSPS) is 16.7. The average Bonchev–Trinajstić information content (AvgIpc) is 3.31. The maximum absolute atomic E-state index is 12.7. The van der Waals surface area contributed by atoms with Crippen molar-refractivity contribution in [3.05, 3.63) is 51.7 Å². The van der Waals surface area contributed by atoms with Crippen LogP contribution in [0.3, 0.4) is 0 Å². The number of fused-ring (bicyclic) bond motifs is 1. The van der Waals surface area contributed by atoms with Gasteiger partial charge in [-0.15, -0.1) is 11.3 Å². The van der Waals surface area contributed by atoms with Crippen molar-refractivity contribution in [3.8, 4) is 5.75 Å². The van der Waals surface area contributed by atoms with Crippen molar-refractivity contribution in [1.82, 2.24) is 9.80 Å². The largest absolute Gasteiger partial charge is 0.493 e. The van der Waals surface area contributed by atoms with Crippen molar-refractivity contribution in [3.63, 3.8) is 0 Å². The Labute approximate surface area is 144 Å². The first kappa shape index (κ1) is 15.2. The number of nitrogens with zero attached hydrogens (tertiary/aromatic N) is 2. The van der Waals surface area contributed by atoms with Crippen LogP contribution in [0.25, 0.3) is 0 Å². The molecule has 0 spiro atoms. The number of carbonyl (C=O) groups excluding carboxylic acids is 2. The second kappa shape index (κ2) is 6.28. The van der Waals surface area contributed by atoms with Crippen LogP contribution < -0.4 is 4.74 Å². The molecule has 0 unspecified atom stereocenters. The zero-order valence-electron chi connectivity index (χ0n) is 13.2. The Morgan fingerprint density at radius 2 is 1.75 bits per heavy atom. The van der Waals surface area contributed by atoms with Crippen LogP contribution in [0, 0.1) is 0 Å². The maximum Gasteiger partial charge on any atom is 0.264 e. The van der Waals surface area contributed by atoms with E-state index in [1.165, 1.54) is 11.3 Å². The van der Waals surface area contributed by atoms with E-state index in [-0.39, 0.29) is 11.8 Å². The van der Waals surface area contributed by atoms with Crippen LogP contribution in [-0.2, 0) is 6.42 Å². The lowest BCUT2D eigenvalue weighted by atomic mass is 10.1. The molecule has 4 rings (SSSR count). The predicted octanol–water partition coefficient (Wildman–Crippen LogP) is 2.28. The van der Waals surface area contributed by atoms with Gasteiger partial charge in [0, 0.05) is 38.2 Å². The molecule has 24 heavy (non-hydrogen) atoms. The monoisotopic (exact) mass is 342 g/mol. The van der Waals surface area contributed by atoms with E-state index in [1.807, 2.05) is 45.5 Å². The number of piperazine rings is 1. The fraction of sp³-hybridized carbons (Fsp3) is 0.333. The van der Waals surface area contributed by atoms with E-state index >= 15 is 0 Å². The van der Waals surface area contributed by atoms with E-state index in [0.717, 1.165) is 22.6 Å². The van der Waals surface area contributed by atoms with Gasteiger partial charge in [0.1, 0.15) is 5.75 Å². The predicted molar refractivity (Wildman–Crippen MR) is 91.8 cm³/mol. The van der Waals surface area contributed by atoms with Crippen LogP contribution >= 0.6 is 11.3 Å². The Kier molecular flexibility index (Phi) is 3.98. The zero-order chi connectivity index (χ0) is 16.5. The summed E-state index contributed by atoms with van der Waals surface area (Å²) in [5, 5.41) is 1.91. The fourth-order valence-electron chi connectivity index (χ4n) is 3.17. The Hall–Kier alpha value is -2.34. The zero-order valence-corrected chi connectivity index (χ0v) is 14.1. The van der Waals surface area contributed by atoms with Gasteiger partial charge in [-0.1, -0.05) is 6.07 Å². The number of hydrogen-bond donors (Lipinski definition) is 0. The molecule has 1 aromatic carbocycles. The third-order valence-corrected chi connectivity index (χ3v) is 5.38. The Morgan fingerprint density at radius 1 is 1.00 bits per heavy atom. The fourth-order valence-corrected chi connectivity index (χ4v) is 3.86. The molecule has 1 fully saturated rings. The van der Waals surface area contributed by atoms with Crippen molar-refractivity contribution in [2.75, 3.05) is 32.8 Å². The molecule has 1 saturated heterocycles. The molecule has 6 heteroatoms. The van der Waals surface area contributed by atoms with E-state index in [4.69, 9.17) is 4.74 Å². The lowest BCUT2D eigenvalue weighted by Crippen LogP contribution is -2.50. The summed E-state index contributed by atoms with van der Waals surface area (Å²) in [5.74, 6) is 0.984.